The van der Waals surface area contributed by atoms with Crippen LogP contribution < -0.4 is 10.1 Å². The first-order valence-corrected chi connectivity index (χ1v) is 13.6. The second-order valence-corrected chi connectivity index (χ2v) is 11.3. The number of benzene rings is 2. The van der Waals surface area contributed by atoms with Crippen LogP contribution in [0.3, 0.4) is 0 Å². The first kappa shape index (κ1) is 24.7. The van der Waals surface area contributed by atoms with Gasteiger partial charge in [-0.25, -0.2) is 8.42 Å². The summed E-state index contributed by atoms with van der Waals surface area (Å²) in [7, 11) is -2.25. The molecule has 2 aromatic carbocycles. The number of carbonyl (C=O) groups is 1. The van der Waals surface area contributed by atoms with Gasteiger partial charge in [0.25, 0.3) is 5.91 Å². The molecule has 0 aromatic heterocycles. The second-order valence-electron chi connectivity index (χ2n) is 9.44. The number of nitrogens with zero attached hydrogens (tertiary/aromatic N) is 2. The van der Waals surface area contributed by atoms with E-state index in [-0.39, 0.29) is 16.6 Å². The molecule has 0 spiro atoms. The molecule has 0 aliphatic carbocycles. The average molecular weight is 486 g/mol. The van der Waals surface area contributed by atoms with Crippen LogP contribution in [-0.2, 0) is 16.6 Å². The number of methoxy groups -OCH3 is 1. The second kappa shape index (κ2) is 10.9. The SMILES string of the molecule is COc1ccc(NC(=O)c2ccc(CN3CCC(C)CC3)cc2)cc1S(=O)(=O)N1CCCCC1. The zero-order chi connectivity index (χ0) is 24.1. The van der Waals surface area contributed by atoms with Crippen LogP contribution in [0.5, 0.6) is 5.75 Å². The number of hydrogen-bond donors (Lipinski definition) is 1. The van der Waals surface area contributed by atoms with Crippen LogP contribution in [0.25, 0.3) is 0 Å². The van der Waals surface area contributed by atoms with Crippen molar-refractivity contribution in [2.45, 2.75) is 50.5 Å². The van der Waals surface area contributed by atoms with E-state index in [0.29, 0.717) is 24.3 Å². The number of carbonyl (C=O) groups excluding carboxylic acids is 1. The maximum atomic E-state index is 13.2. The first-order valence-electron chi connectivity index (χ1n) is 12.2. The smallest absolute Gasteiger partial charge is 0.255 e. The highest BCUT2D eigenvalue weighted by Gasteiger charge is 2.29. The van der Waals surface area contributed by atoms with Gasteiger partial charge in [0.2, 0.25) is 10.0 Å². The average Bonchev–Trinajstić information content (AvgIpc) is 2.86. The Hall–Kier alpha value is -2.42. The molecule has 2 aromatic rings. The topological polar surface area (TPSA) is 79.0 Å². The Kier molecular flexibility index (Phi) is 7.91. The summed E-state index contributed by atoms with van der Waals surface area (Å²) in [5, 5.41) is 2.84. The highest BCUT2D eigenvalue weighted by Crippen LogP contribution is 2.31. The summed E-state index contributed by atoms with van der Waals surface area (Å²) in [5.74, 6) is 0.806. The molecule has 2 heterocycles. The Morgan fingerprint density at radius 3 is 2.32 bits per heavy atom. The Labute approximate surface area is 203 Å². The lowest BCUT2D eigenvalue weighted by Crippen LogP contribution is -2.35. The van der Waals surface area contributed by atoms with E-state index in [1.165, 1.54) is 35.9 Å². The van der Waals surface area contributed by atoms with Crippen molar-refractivity contribution < 1.29 is 17.9 Å². The highest BCUT2D eigenvalue weighted by molar-refractivity contribution is 7.89. The van der Waals surface area contributed by atoms with Crippen LogP contribution in [0.15, 0.2) is 47.4 Å². The van der Waals surface area contributed by atoms with Gasteiger partial charge < -0.3 is 10.1 Å². The number of anilines is 1. The predicted molar refractivity (Wildman–Crippen MR) is 134 cm³/mol. The third kappa shape index (κ3) is 5.79. The quantitative estimate of drug-likeness (QED) is 0.631. The maximum absolute atomic E-state index is 13.2. The lowest BCUT2D eigenvalue weighted by Gasteiger charge is -2.30. The van der Waals surface area contributed by atoms with Gasteiger partial charge in [0.1, 0.15) is 10.6 Å². The third-order valence-electron chi connectivity index (χ3n) is 6.85. The van der Waals surface area contributed by atoms with Gasteiger partial charge >= 0.3 is 0 Å². The fraction of sp³-hybridized carbons (Fsp3) is 0.500. The molecule has 34 heavy (non-hydrogen) atoms. The molecule has 0 unspecified atom stereocenters. The van der Waals surface area contributed by atoms with Gasteiger partial charge in [-0.15, -0.1) is 0 Å². The zero-order valence-electron chi connectivity index (χ0n) is 20.1. The number of nitrogens with one attached hydrogen (secondary N) is 1. The minimum atomic E-state index is -3.70. The van der Waals surface area contributed by atoms with Crippen LogP contribution in [0.4, 0.5) is 5.69 Å². The molecule has 7 nitrogen and oxygen atoms in total. The number of hydrogen-bond acceptors (Lipinski definition) is 5. The van der Waals surface area contributed by atoms with Gasteiger partial charge in [-0.3, -0.25) is 9.69 Å². The van der Waals surface area contributed by atoms with Crippen molar-refractivity contribution in [1.29, 1.82) is 0 Å². The standard InChI is InChI=1S/C26H35N3O4S/c1-20-12-16-28(17-13-20)19-21-6-8-22(9-7-21)26(30)27-23-10-11-24(33-2)25(18-23)34(31,32)29-14-4-3-5-15-29/h6-11,18,20H,3-5,12-17,19H2,1-2H3,(H,27,30). The molecular formula is C26H35N3O4S. The molecule has 2 aliphatic rings. The Morgan fingerprint density at radius 1 is 1.00 bits per heavy atom. The van der Waals surface area contributed by atoms with Crippen molar-refractivity contribution in [3.05, 3.63) is 53.6 Å². The fourth-order valence-electron chi connectivity index (χ4n) is 4.64. The van der Waals surface area contributed by atoms with Crippen LogP contribution in [0.1, 0.15) is 54.9 Å². The van der Waals surface area contributed by atoms with Crippen LogP contribution in [0, 0.1) is 5.92 Å². The van der Waals surface area contributed by atoms with Crippen LogP contribution >= 0.6 is 0 Å². The van der Waals surface area contributed by atoms with E-state index in [1.54, 1.807) is 12.1 Å². The number of sulfonamides is 1. The Morgan fingerprint density at radius 2 is 1.68 bits per heavy atom. The van der Waals surface area contributed by atoms with E-state index in [9.17, 15) is 13.2 Å². The van der Waals surface area contributed by atoms with Gasteiger partial charge in [-0.2, -0.15) is 4.31 Å². The molecule has 0 saturated carbocycles. The first-order chi connectivity index (χ1) is 16.4. The molecule has 184 valence electrons. The van der Waals surface area contributed by atoms with E-state index >= 15 is 0 Å². The maximum Gasteiger partial charge on any atom is 0.255 e. The van der Waals surface area contributed by atoms with Crippen molar-refractivity contribution in [2.75, 3.05) is 38.6 Å². The highest BCUT2D eigenvalue weighted by atomic mass is 32.2. The number of likely N-dealkylation sites (tertiary alicyclic amines) is 1. The normalized spacial score (nSPS) is 18.5. The van der Waals surface area contributed by atoms with Gasteiger partial charge in [-0.05, 0) is 80.6 Å². The Balaban J connectivity index is 1.45. The third-order valence-corrected chi connectivity index (χ3v) is 8.77. The summed E-state index contributed by atoms with van der Waals surface area (Å²) in [6.07, 6.45) is 5.21. The predicted octanol–water partition coefficient (Wildman–Crippen LogP) is 4.35. The van der Waals surface area contributed by atoms with E-state index in [2.05, 4.69) is 17.1 Å². The molecule has 2 saturated heterocycles. The monoisotopic (exact) mass is 485 g/mol. The van der Waals surface area contributed by atoms with Gasteiger partial charge in [-0.1, -0.05) is 25.5 Å². The lowest BCUT2D eigenvalue weighted by atomic mass is 9.99. The van der Waals surface area contributed by atoms with E-state index < -0.39 is 10.0 Å². The van der Waals surface area contributed by atoms with Crippen LogP contribution in [0.2, 0.25) is 0 Å². The molecule has 1 amide bonds. The summed E-state index contributed by atoms with van der Waals surface area (Å²) in [4.78, 5) is 15.4. The molecule has 8 heteroatoms. The molecular weight excluding hydrogens is 450 g/mol. The molecule has 1 N–H and O–H groups in total. The summed E-state index contributed by atoms with van der Waals surface area (Å²) in [6, 6.07) is 12.4. The summed E-state index contributed by atoms with van der Waals surface area (Å²) in [6.45, 7) is 6.44. The van der Waals surface area contributed by atoms with Crippen LogP contribution in [-0.4, -0.2) is 56.8 Å². The molecule has 2 fully saturated rings. The van der Waals surface area contributed by atoms with Crippen molar-refractivity contribution in [3.8, 4) is 5.75 Å². The molecule has 0 radical (unpaired) electrons. The summed E-state index contributed by atoms with van der Waals surface area (Å²) < 4.78 is 33.3. The van der Waals surface area contributed by atoms with Crippen molar-refractivity contribution in [1.82, 2.24) is 9.21 Å². The molecule has 0 atom stereocenters. The van der Waals surface area contributed by atoms with E-state index in [4.69, 9.17) is 4.74 Å². The number of rotatable bonds is 7. The molecule has 2 aliphatic heterocycles. The number of amides is 1. The lowest BCUT2D eigenvalue weighted by molar-refractivity contribution is 0.102. The fourth-order valence-corrected chi connectivity index (χ4v) is 6.34. The minimum absolute atomic E-state index is 0.0842. The van der Waals surface area contributed by atoms with Crippen molar-refractivity contribution in [3.63, 3.8) is 0 Å². The summed E-state index contributed by atoms with van der Waals surface area (Å²) in [5.41, 5.74) is 2.14. The summed E-state index contributed by atoms with van der Waals surface area (Å²) >= 11 is 0. The zero-order valence-corrected chi connectivity index (χ0v) is 20.9. The van der Waals surface area contributed by atoms with Gasteiger partial charge in [0, 0.05) is 30.9 Å². The largest absolute Gasteiger partial charge is 0.495 e. The Bertz CT molecular complexity index is 1090. The molecule has 0 bridgehead atoms. The van der Waals surface area contributed by atoms with Crippen molar-refractivity contribution >= 4 is 21.6 Å². The van der Waals surface area contributed by atoms with Gasteiger partial charge in [0.05, 0.1) is 7.11 Å². The van der Waals surface area contributed by atoms with E-state index in [0.717, 1.165) is 44.8 Å². The molecule has 4 rings (SSSR count). The minimum Gasteiger partial charge on any atom is -0.495 e. The number of ether oxygens (including phenoxy) is 1. The number of piperidine rings is 2. The van der Waals surface area contributed by atoms with Gasteiger partial charge in [0.15, 0.2) is 0 Å². The van der Waals surface area contributed by atoms with Crippen molar-refractivity contribution in [2.24, 2.45) is 5.92 Å². The van der Waals surface area contributed by atoms with E-state index in [1.807, 2.05) is 24.3 Å².